The third kappa shape index (κ3) is 4.44. The Labute approximate surface area is 113 Å². The van der Waals surface area contributed by atoms with Crippen LogP contribution in [0, 0.1) is 0 Å². The molecule has 0 aliphatic carbocycles. The van der Waals surface area contributed by atoms with Gasteiger partial charge in [0.25, 0.3) is 0 Å². The van der Waals surface area contributed by atoms with Gasteiger partial charge in [0.2, 0.25) is 0 Å². The van der Waals surface area contributed by atoms with Crippen molar-refractivity contribution in [3.05, 3.63) is 22.7 Å². The minimum atomic E-state index is -4.36. The number of phenols is 1. The van der Waals surface area contributed by atoms with Crippen LogP contribution in [0.15, 0.2) is 12.1 Å². The van der Waals surface area contributed by atoms with Crippen molar-refractivity contribution >= 4 is 24.0 Å². The molecule has 0 amide bonds. The normalized spacial score (nSPS) is 12.8. The zero-order valence-electron chi connectivity index (χ0n) is 9.29. The fourth-order valence-corrected chi connectivity index (χ4v) is 1.55. The second-order valence-corrected chi connectivity index (χ2v) is 3.89. The van der Waals surface area contributed by atoms with Crippen molar-refractivity contribution in [1.82, 2.24) is 0 Å². The summed E-state index contributed by atoms with van der Waals surface area (Å²) in [6.07, 6.45) is -5.53. The maximum absolute atomic E-state index is 12.2. The predicted molar refractivity (Wildman–Crippen MR) is 64.5 cm³/mol. The van der Waals surface area contributed by atoms with Crippen LogP contribution in [-0.2, 0) is 0 Å². The third-order valence-electron chi connectivity index (χ3n) is 2.15. The van der Waals surface area contributed by atoms with Crippen molar-refractivity contribution in [2.45, 2.75) is 18.6 Å². The number of aromatic hydroxyl groups is 1. The molecule has 0 spiro atoms. The standard InChI is InChI=1S/C10H11ClF3NO2.ClH/c1-17-8-3-5(2-6(11)9(8)16)7(15)4-10(12,13)14;/h2-3,7,16H,4,15H2,1H3;1H/t7-;/m1./s1. The van der Waals surface area contributed by atoms with Crippen LogP contribution in [0.2, 0.25) is 5.02 Å². The Morgan fingerprint density at radius 3 is 2.44 bits per heavy atom. The number of ether oxygens (including phenoxy) is 1. The number of benzene rings is 1. The lowest BCUT2D eigenvalue weighted by molar-refractivity contribution is -0.138. The van der Waals surface area contributed by atoms with Crippen molar-refractivity contribution in [2.24, 2.45) is 5.73 Å². The summed E-state index contributed by atoms with van der Waals surface area (Å²) in [5, 5.41) is 9.32. The van der Waals surface area contributed by atoms with E-state index in [1.165, 1.54) is 19.2 Å². The van der Waals surface area contributed by atoms with Gasteiger partial charge >= 0.3 is 6.18 Å². The molecule has 8 heteroatoms. The highest BCUT2D eigenvalue weighted by Gasteiger charge is 2.31. The van der Waals surface area contributed by atoms with E-state index in [1.807, 2.05) is 0 Å². The number of nitrogens with two attached hydrogens (primary N) is 1. The van der Waals surface area contributed by atoms with E-state index in [-0.39, 0.29) is 34.5 Å². The van der Waals surface area contributed by atoms with Gasteiger partial charge in [-0.2, -0.15) is 13.2 Å². The minimum Gasteiger partial charge on any atom is -0.503 e. The predicted octanol–water partition coefficient (Wildman–Crippen LogP) is 3.43. The molecule has 1 aromatic carbocycles. The first-order chi connectivity index (χ1) is 7.74. The maximum Gasteiger partial charge on any atom is 0.390 e. The first kappa shape index (κ1) is 17.2. The van der Waals surface area contributed by atoms with Crippen LogP contribution in [-0.4, -0.2) is 18.4 Å². The molecule has 0 saturated heterocycles. The Bertz CT molecular complexity index is 413. The number of halogens is 5. The van der Waals surface area contributed by atoms with E-state index in [0.717, 1.165) is 0 Å². The van der Waals surface area contributed by atoms with Gasteiger partial charge in [-0.15, -0.1) is 12.4 Å². The molecule has 0 aliphatic rings. The van der Waals surface area contributed by atoms with E-state index < -0.39 is 18.6 Å². The second-order valence-electron chi connectivity index (χ2n) is 3.48. The highest BCUT2D eigenvalue weighted by Crippen LogP contribution is 2.38. The Kier molecular flexibility index (Phi) is 6.06. The van der Waals surface area contributed by atoms with E-state index in [1.54, 1.807) is 0 Å². The summed E-state index contributed by atoms with van der Waals surface area (Å²) >= 11 is 5.65. The Balaban J connectivity index is 0.00000289. The molecule has 18 heavy (non-hydrogen) atoms. The molecule has 3 nitrogen and oxygen atoms in total. The van der Waals surface area contributed by atoms with Gasteiger partial charge < -0.3 is 15.6 Å². The summed E-state index contributed by atoms with van der Waals surface area (Å²) in [6, 6.07) is 1.18. The van der Waals surface area contributed by atoms with Gasteiger partial charge in [0.1, 0.15) is 0 Å². The quantitative estimate of drug-likeness (QED) is 0.899. The summed E-state index contributed by atoms with van der Waals surface area (Å²) in [7, 11) is 1.27. The number of phenolic OH excluding ortho intramolecular Hbond substituents is 1. The monoisotopic (exact) mass is 305 g/mol. The number of rotatable bonds is 3. The van der Waals surface area contributed by atoms with E-state index in [4.69, 9.17) is 22.1 Å². The van der Waals surface area contributed by atoms with E-state index in [0.29, 0.717) is 0 Å². The summed E-state index contributed by atoms with van der Waals surface area (Å²) in [5.41, 5.74) is 5.56. The molecule has 0 saturated carbocycles. The number of hydrogen-bond acceptors (Lipinski definition) is 3. The molecule has 0 bridgehead atoms. The van der Waals surface area contributed by atoms with Gasteiger partial charge in [0.05, 0.1) is 18.6 Å². The maximum atomic E-state index is 12.2. The van der Waals surface area contributed by atoms with Crippen molar-refractivity contribution < 1.29 is 23.0 Å². The zero-order chi connectivity index (χ0) is 13.2. The Hall–Kier alpha value is -0.850. The first-order valence-electron chi connectivity index (χ1n) is 4.63. The Morgan fingerprint density at radius 1 is 1.44 bits per heavy atom. The number of methoxy groups -OCH3 is 1. The third-order valence-corrected chi connectivity index (χ3v) is 2.44. The highest BCUT2D eigenvalue weighted by atomic mass is 35.5. The molecule has 0 heterocycles. The average Bonchev–Trinajstić information content (AvgIpc) is 2.19. The van der Waals surface area contributed by atoms with Crippen LogP contribution < -0.4 is 10.5 Å². The van der Waals surface area contributed by atoms with Gasteiger partial charge in [-0.3, -0.25) is 0 Å². The molecule has 0 unspecified atom stereocenters. The molecule has 0 aliphatic heterocycles. The van der Waals surface area contributed by atoms with Gasteiger partial charge in [0.15, 0.2) is 11.5 Å². The highest BCUT2D eigenvalue weighted by molar-refractivity contribution is 6.32. The SMILES string of the molecule is COc1cc([C@H](N)CC(F)(F)F)cc(Cl)c1O.Cl. The lowest BCUT2D eigenvalue weighted by Crippen LogP contribution is -2.20. The van der Waals surface area contributed by atoms with Crippen LogP contribution in [0.5, 0.6) is 11.5 Å². The average molecular weight is 306 g/mol. The largest absolute Gasteiger partial charge is 0.503 e. The second kappa shape index (κ2) is 6.36. The molecule has 1 aromatic rings. The van der Waals surface area contributed by atoms with Crippen molar-refractivity contribution in [3.63, 3.8) is 0 Å². The molecular formula is C10H12Cl2F3NO2. The fraction of sp³-hybridized carbons (Fsp3) is 0.400. The fourth-order valence-electron chi connectivity index (χ4n) is 1.33. The van der Waals surface area contributed by atoms with E-state index in [2.05, 4.69) is 0 Å². The van der Waals surface area contributed by atoms with Crippen molar-refractivity contribution in [2.75, 3.05) is 7.11 Å². The molecule has 0 fully saturated rings. The first-order valence-corrected chi connectivity index (χ1v) is 5.01. The smallest absolute Gasteiger partial charge is 0.390 e. The Morgan fingerprint density at radius 2 is 2.00 bits per heavy atom. The van der Waals surface area contributed by atoms with Gasteiger partial charge in [0, 0.05) is 6.04 Å². The van der Waals surface area contributed by atoms with Gasteiger partial charge in [-0.05, 0) is 17.7 Å². The molecule has 3 N–H and O–H groups in total. The topological polar surface area (TPSA) is 55.5 Å². The molecule has 0 aromatic heterocycles. The molecule has 0 radical (unpaired) electrons. The minimum absolute atomic E-state index is 0. The van der Waals surface area contributed by atoms with Crippen LogP contribution >= 0.6 is 24.0 Å². The van der Waals surface area contributed by atoms with Crippen LogP contribution in [0.1, 0.15) is 18.0 Å². The molecule has 1 atom stereocenters. The van der Waals surface area contributed by atoms with Gasteiger partial charge in [-0.1, -0.05) is 11.6 Å². The molecule has 1 rings (SSSR count). The summed E-state index contributed by atoms with van der Waals surface area (Å²) in [5.74, 6) is -0.331. The van der Waals surface area contributed by atoms with Crippen molar-refractivity contribution in [3.8, 4) is 11.5 Å². The molecular weight excluding hydrogens is 294 g/mol. The van der Waals surface area contributed by atoms with Crippen LogP contribution in [0.25, 0.3) is 0 Å². The van der Waals surface area contributed by atoms with Crippen LogP contribution in [0.4, 0.5) is 13.2 Å². The van der Waals surface area contributed by atoms with E-state index >= 15 is 0 Å². The zero-order valence-corrected chi connectivity index (χ0v) is 10.9. The lowest BCUT2D eigenvalue weighted by atomic mass is 10.0. The van der Waals surface area contributed by atoms with Gasteiger partial charge in [-0.25, -0.2) is 0 Å². The summed E-state index contributed by atoms with van der Waals surface area (Å²) in [4.78, 5) is 0. The van der Waals surface area contributed by atoms with Crippen LogP contribution in [0.3, 0.4) is 0 Å². The summed E-state index contributed by atoms with van der Waals surface area (Å²) < 4.78 is 41.3. The number of alkyl halides is 3. The molecule has 104 valence electrons. The summed E-state index contributed by atoms with van der Waals surface area (Å²) in [6.45, 7) is 0. The number of hydrogen-bond donors (Lipinski definition) is 2. The van der Waals surface area contributed by atoms with Crippen molar-refractivity contribution in [1.29, 1.82) is 0 Å². The lowest BCUT2D eigenvalue weighted by Gasteiger charge is -2.16. The van der Waals surface area contributed by atoms with E-state index in [9.17, 15) is 18.3 Å².